The van der Waals surface area contributed by atoms with E-state index in [1.165, 1.54) is 38.7 Å². The molecule has 0 atom stereocenters. The average Bonchev–Trinajstić information content (AvgIpc) is 2.57. The Balaban J connectivity index is 0.000000370. The average molecular weight is 623 g/mol. The molecule has 0 heterocycles. The molecule has 3 rings (SSSR count). The summed E-state index contributed by atoms with van der Waals surface area (Å²) in [6, 6.07) is 26.3. The van der Waals surface area contributed by atoms with Gasteiger partial charge in [-0.3, -0.25) is 0 Å². The van der Waals surface area contributed by atoms with Gasteiger partial charge in [0.15, 0.2) is 0 Å². The second kappa shape index (κ2) is 8.97. The van der Waals surface area contributed by atoms with Crippen LogP contribution in [0.25, 0.3) is 0 Å². The fourth-order valence-electron chi connectivity index (χ4n) is 2.66. The van der Waals surface area contributed by atoms with Crippen LogP contribution in [-0.2, 0) is 0 Å². The normalized spacial score (nSPS) is 13.9. The first-order valence-corrected chi connectivity index (χ1v) is 28.1. The van der Waals surface area contributed by atoms with Gasteiger partial charge in [-0.15, -0.1) is 0 Å². The summed E-state index contributed by atoms with van der Waals surface area (Å²) in [5, 5.41) is 0. The van der Waals surface area contributed by atoms with Gasteiger partial charge in [0, 0.05) is 36.4 Å². The van der Waals surface area contributed by atoms with Gasteiger partial charge < -0.3 is 0 Å². The summed E-state index contributed by atoms with van der Waals surface area (Å²) in [5.41, 5.74) is 7.65. The summed E-state index contributed by atoms with van der Waals surface area (Å²) >= 11 is 0. The Morgan fingerprint density at radius 2 is 0.621 bits per heavy atom. The van der Waals surface area contributed by atoms with E-state index in [1.54, 1.807) is 0 Å². The van der Waals surface area contributed by atoms with Crippen LogP contribution in [0.5, 0.6) is 0 Å². The monoisotopic (exact) mass is 619 g/mol. The number of aryl methyl sites for hydroxylation is 3. The van der Waals surface area contributed by atoms with E-state index >= 15 is 0 Å². The summed E-state index contributed by atoms with van der Waals surface area (Å²) in [5.74, 6) is 0. The molecule has 0 aliphatic rings. The minimum atomic E-state index is -5.42. The van der Waals surface area contributed by atoms with E-state index in [9.17, 15) is 0 Å². The number of quaternary nitrogens is 1. The first kappa shape index (κ1) is 25.4. The first-order valence-electron chi connectivity index (χ1n) is 8.73. The molecule has 3 aromatic carbocycles. The number of halogens is 6. The van der Waals surface area contributed by atoms with Gasteiger partial charge in [-0.2, -0.15) is 0 Å². The fourth-order valence-corrected chi connectivity index (χ4v) is 2.66. The van der Waals surface area contributed by atoms with Crippen molar-refractivity contribution in [2.24, 2.45) is 0 Å². The van der Waals surface area contributed by atoms with Crippen LogP contribution in [0.15, 0.2) is 72.8 Å². The molecule has 3 aromatic rings. The molecule has 0 spiro atoms. The zero-order chi connectivity index (χ0) is 21.9. The summed E-state index contributed by atoms with van der Waals surface area (Å²) in [6.45, 7) is 6.38. The topological polar surface area (TPSA) is 4.44 Å². The summed E-state index contributed by atoms with van der Waals surface area (Å²) in [6.07, 6.45) is 0. The Morgan fingerprint density at radius 3 is 0.793 bits per heavy atom. The van der Waals surface area contributed by atoms with Gasteiger partial charge in [-0.25, -0.2) is 4.90 Å². The number of nitrogens with one attached hydrogen (secondary N) is 1. The third-order valence-corrected chi connectivity index (χ3v) is 4.02. The van der Waals surface area contributed by atoms with Crippen LogP contribution in [-0.4, -0.2) is 9.14 Å². The summed E-state index contributed by atoms with van der Waals surface area (Å²) in [7, 11) is 25.0. The van der Waals surface area contributed by atoms with Crippen molar-refractivity contribution in [1.82, 2.24) is 0 Å². The van der Waals surface area contributed by atoms with Crippen LogP contribution >= 0.6 is 53.0 Å². The van der Waals surface area contributed by atoms with E-state index in [2.05, 4.69) is 93.6 Å². The molecular weight excluding hydrogens is 601 g/mol. The molecule has 29 heavy (non-hydrogen) atoms. The molecule has 0 amide bonds. The Labute approximate surface area is 192 Å². The Kier molecular flexibility index (Phi) is 7.87. The van der Waals surface area contributed by atoms with Crippen LogP contribution in [0.2, 0.25) is 0 Å². The molecule has 0 radical (unpaired) electrons. The zero-order valence-corrected chi connectivity index (χ0v) is 23.2. The Hall–Kier alpha value is 0.178. The summed E-state index contributed by atoms with van der Waals surface area (Å²) in [4.78, 5) is 1.29. The van der Waals surface area contributed by atoms with Crippen molar-refractivity contribution < 1.29 is 4.90 Å². The molecule has 0 aliphatic heterocycles. The second-order valence-corrected chi connectivity index (χ2v) is 63.8. The van der Waals surface area contributed by atoms with Crippen LogP contribution in [0.4, 0.5) is 17.1 Å². The van der Waals surface area contributed by atoms with Crippen LogP contribution in [0, 0.1) is 20.8 Å². The molecular formula is C21H22Cl6NSb. The number of hydrogen-bond acceptors (Lipinski definition) is 0. The van der Waals surface area contributed by atoms with E-state index in [1.807, 2.05) is 0 Å². The Bertz CT molecular complexity index is 828. The molecule has 0 aromatic heterocycles. The maximum absolute atomic E-state index is 5.42. The van der Waals surface area contributed by atoms with Crippen molar-refractivity contribution in [3.63, 3.8) is 0 Å². The molecule has 8 heteroatoms. The van der Waals surface area contributed by atoms with Crippen LogP contribution in [0.1, 0.15) is 16.7 Å². The van der Waals surface area contributed by atoms with Gasteiger partial charge in [0.05, 0.1) is 0 Å². The fraction of sp³-hybridized carbons (Fsp3) is 0.143. The molecule has 0 unspecified atom stereocenters. The number of hydrogen-bond donors (Lipinski definition) is 1. The van der Waals surface area contributed by atoms with Gasteiger partial charge >= 0.3 is 62.1 Å². The van der Waals surface area contributed by atoms with Crippen molar-refractivity contribution >= 4 is 79.2 Å². The molecule has 1 N–H and O–H groups in total. The van der Waals surface area contributed by atoms with Crippen molar-refractivity contribution in [1.29, 1.82) is 0 Å². The van der Waals surface area contributed by atoms with E-state index in [-0.39, 0.29) is 0 Å². The molecule has 0 aliphatic carbocycles. The second-order valence-electron chi connectivity index (χ2n) is 6.93. The zero-order valence-electron chi connectivity index (χ0n) is 16.1. The van der Waals surface area contributed by atoms with Crippen molar-refractivity contribution in [2.75, 3.05) is 0 Å². The SMILES string of the molecule is Cc1ccc([NH+](c2ccc(C)cc2)c2ccc(C)cc2)cc1.[Cl][Sb-]([Cl])([Cl])([Cl])([Cl])[Cl]. The van der Waals surface area contributed by atoms with Crippen molar-refractivity contribution in [3.8, 4) is 0 Å². The van der Waals surface area contributed by atoms with Gasteiger partial charge in [0.1, 0.15) is 17.1 Å². The first-order chi connectivity index (χ1) is 13.1. The van der Waals surface area contributed by atoms with Crippen molar-refractivity contribution in [3.05, 3.63) is 89.5 Å². The van der Waals surface area contributed by atoms with E-state index in [0.29, 0.717) is 0 Å². The maximum atomic E-state index is 5.06. The minimum absolute atomic E-state index is 1.26. The summed E-state index contributed by atoms with van der Waals surface area (Å²) < 4.78 is 0. The van der Waals surface area contributed by atoms with Gasteiger partial charge in [-0.05, 0) is 20.8 Å². The molecule has 0 saturated heterocycles. The predicted octanol–water partition coefficient (Wildman–Crippen LogP) is 8.55. The predicted molar refractivity (Wildman–Crippen MR) is 134 cm³/mol. The standard InChI is InChI=1S/C21H21N.6ClH.Sb/c1-16-4-10-19(11-5-16)22(20-12-6-17(2)7-13-20)21-14-8-18(3)9-15-21;;;;;;;/h4-15H,1-3H3;6*1H;/q;;;;;;;+5/p-5. The number of rotatable bonds is 3. The van der Waals surface area contributed by atoms with Crippen LogP contribution in [0.3, 0.4) is 0 Å². The van der Waals surface area contributed by atoms with Crippen molar-refractivity contribution in [2.45, 2.75) is 20.8 Å². The van der Waals surface area contributed by atoms with E-state index in [4.69, 9.17) is 53.0 Å². The quantitative estimate of drug-likeness (QED) is 0.279. The molecule has 0 saturated carbocycles. The van der Waals surface area contributed by atoms with E-state index in [0.717, 1.165) is 0 Å². The molecule has 158 valence electrons. The molecule has 1 nitrogen and oxygen atoms in total. The van der Waals surface area contributed by atoms with Crippen LogP contribution < -0.4 is 4.90 Å². The van der Waals surface area contributed by atoms with Gasteiger partial charge in [-0.1, -0.05) is 53.1 Å². The number of benzene rings is 3. The van der Waals surface area contributed by atoms with E-state index < -0.39 is 9.14 Å². The Morgan fingerprint density at radius 1 is 0.448 bits per heavy atom. The third kappa shape index (κ3) is 10.9. The molecule has 0 fully saturated rings. The third-order valence-electron chi connectivity index (χ3n) is 4.02. The van der Waals surface area contributed by atoms with Gasteiger partial charge in [0.2, 0.25) is 0 Å². The molecule has 0 bridgehead atoms. The van der Waals surface area contributed by atoms with Gasteiger partial charge in [0.25, 0.3) is 0 Å².